The maximum atomic E-state index is 13.1. The van der Waals surface area contributed by atoms with Crippen LogP contribution in [-0.2, 0) is 6.18 Å². The second-order valence-electron chi connectivity index (χ2n) is 4.56. The minimum atomic E-state index is -4.46. The minimum absolute atomic E-state index is 0.0919. The van der Waals surface area contributed by atoms with E-state index >= 15 is 0 Å². The largest absolute Gasteiger partial charge is 0.416 e. The smallest absolute Gasteiger partial charge is 0.244 e. The van der Waals surface area contributed by atoms with Gasteiger partial charge in [0.1, 0.15) is 5.69 Å². The van der Waals surface area contributed by atoms with E-state index in [1.807, 2.05) is 0 Å². The molecule has 2 heterocycles. The number of hydrogen-bond donors (Lipinski definition) is 0. The normalized spacial score (nSPS) is 11.4. The number of hydrogen-bond acceptors (Lipinski definition) is 3. The lowest BCUT2D eigenvalue weighted by Crippen LogP contribution is -2.07. The quantitative estimate of drug-likeness (QED) is 0.711. The number of aromatic nitrogens is 3. The average molecular weight is 301 g/mol. The van der Waals surface area contributed by atoms with Gasteiger partial charge in [0, 0.05) is 18.0 Å². The first kappa shape index (κ1) is 14.2. The van der Waals surface area contributed by atoms with Crippen LogP contribution in [0, 0.1) is 0 Å². The summed E-state index contributed by atoms with van der Waals surface area (Å²) in [4.78, 5) is 12.2. The molecule has 6 heteroatoms. The molecule has 0 atom stereocenters. The van der Waals surface area contributed by atoms with Crippen LogP contribution in [0.5, 0.6) is 0 Å². The first-order valence-corrected chi connectivity index (χ1v) is 6.46. The van der Waals surface area contributed by atoms with Crippen LogP contribution in [0.1, 0.15) is 5.56 Å². The molecule has 1 aromatic carbocycles. The molecule has 22 heavy (non-hydrogen) atoms. The van der Waals surface area contributed by atoms with Gasteiger partial charge in [-0.2, -0.15) is 13.2 Å². The van der Waals surface area contributed by atoms with Crippen molar-refractivity contribution in [3.05, 3.63) is 66.5 Å². The zero-order chi connectivity index (χ0) is 15.6. The van der Waals surface area contributed by atoms with E-state index in [9.17, 15) is 13.2 Å². The van der Waals surface area contributed by atoms with Crippen molar-refractivity contribution in [2.24, 2.45) is 0 Å². The van der Waals surface area contributed by atoms with Gasteiger partial charge in [-0.3, -0.25) is 0 Å². The predicted octanol–water partition coefficient (Wildman–Crippen LogP) is 4.22. The lowest BCUT2D eigenvalue weighted by atomic mass is 10.1. The number of rotatable bonds is 2. The Morgan fingerprint density at radius 1 is 0.773 bits per heavy atom. The van der Waals surface area contributed by atoms with Crippen LogP contribution in [0.25, 0.3) is 22.8 Å². The van der Waals surface area contributed by atoms with Crippen LogP contribution in [0.15, 0.2) is 60.9 Å². The second-order valence-corrected chi connectivity index (χ2v) is 4.56. The SMILES string of the molecule is FC(F)(F)c1cc(-c2ccccc2)nc(-c2ncccn2)c1. The molecule has 0 aliphatic heterocycles. The maximum absolute atomic E-state index is 13.1. The molecule has 0 aliphatic carbocycles. The summed E-state index contributed by atoms with van der Waals surface area (Å²) in [6.45, 7) is 0. The van der Waals surface area contributed by atoms with Crippen LogP contribution < -0.4 is 0 Å². The van der Waals surface area contributed by atoms with Gasteiger partial charge >= 0.3 is 6.18 Å². The molecule has 110 valence electrons. The maximum Gasteiger partial charge on any atom is 0.416 e. The molecule has 0 aliphatic rings. The van der Waals surface area contributed by atoms with Gasteiger partial charge in [-0.1, -0.05) is 30.3 Å². The molecule has 0 fully saturated rings. The Morgan fingerprint density at radius 2 is 1.41 bits per heavy atom. The van der Waals surface area contributed by atoms with E-state index < -0.39 is 11.7 Å². The summed E-state index contributed by atoms with van der Waals surface area (Å²) in [6.07, 6.45) is -1.53. The highest BCUT2D eigenvalue weighted by atomic mass is 19.4. The van der Waals surface area contributed by atoms with E-state index in [1.54, 1.807) is 36.4 Å². The van der Waals surface area contributed by atoms with Gasteiger partial charge in [0.15, 0.2) is 5.82 Å². The summed E-state index contributed by atoms with van der Waals surface area (Å²) < 4.78 is 39.3. The van der Waals surface area contributed by atoms with Crippen LogP contribution in [-0.4, -0.2) is 15.0 Å². The number of nitrogens with zero attached hydrogens (tertiary/aromatic N) is 3. The molecule has 3 aromatic rings. The molecule has 3 nitrogen and oxygen atoms in total. The Bertz CT molecular complexity index is 714. The summed E-state index contributed by atoms with van der Waals surface area (Å²) >= 11 is 0. The summed E-state index contributed by atoms with van der Waals surface area (Å²) in [5.41, 5.74) is 0.154. The number of alkyl halides is 3. The molecular weight excluding hydrogens is 291 g/mol. The minimum Gasteiger partial charge on any atom is -0.244 e. The third-order valence-electron chi connectivity index (χ3n) is 3.02. The molecule has 0 N–H and O–H groups in total. The highest BCUT2D eigenvalue weighted by molar-refractivity contribution is 5.64. The van der Waals surface area contributed by atoms with Crippen molar-refractivity contribution in [1.82, 2.24) is 15.0 Å². The molecule has 0 bridgehead atoms. The van der Waals surface area contributed by atoms with Gasteiger partial charge in [-0.25, -0.2) is 15.0 Å². The van der Waals surface area contributed by atoms with Crippen LogP contribution >= 0.6 is 0 Å². The monoisotopic (exact) mass is 301 g/mol. The molecule has 0 saturated carbocycles. The molecule has 0 radical (unpaired) electrons. The molecule has 2 aromatic heterocycles. The standard InChI is InChI=1S/C16H10F3N3/c17-16(18,19)12-9-13(11-5-2-1-3-6-11)22-14(10-12)15-20-7-4-8-21-15/h1-10H. The van der Waals surface area contributed by atoms with Gasteiger partial charge < -0.3 is 0 Å². The van der Waals surface area contributed by atoms with Gasteiger partial charge in [-0.05, 0) is 18.2 Å². The van der Waals surface area contributed by atoms with Gasteiger partial charge in [0.05, 0.1) is 11.3 Å². The number of benzene rings is 1. The Hall–Kier alpha value is -2.76. The predicted molar refractivity (Wildman–Crippen MR) is 75.7 cm³/mol. The molecule has 0 unspecified atom stereocenters. The Kier molecular flexibility index (Phi) is 3.58. The van der Waals surface area contributed by atoms with Crippen molar-refractivity contribution in [2.75, 3.05) is 0 Å². The van der Waals surface area contributed by atoms with E-state index in [4.69, 9.17) is 0 Å². The van der Waals surface area contributed by atoms with Crippen molar-refractivity contribution >= 4 is 0 Å². The van der Waals surface area contributed by atoms with Crippen molar-refractivity contribution in [3.8, 4) is 22.8 Å². The summed E-state index contributed by atoms with van der Waals surface area (Å²) in [5, 5.41) is 0. The lowest BCUT2D eigenvalue weighted by Gasteiger charge is -2.11. The van der Waals surface area contributed by atoms with E-state index in [0.717, 1.165) is 12.1 Å². The molecule has 0 amide bonds. The second kappa shape index (κ2) is 5.55. The van der Waals surface area contributed by atoms with Crippen molar-refractivity contribution in [1.29, 1.82) is 0 Å². The van der Waals surface area contributed by atoms with Gasteiger partial charge in [-0.15, -0.1) is 0 Å². The zero-order valence-electron chi connectivity index (χ0n) is 11.2. The Labute approximate surface area is 124 Å². The van der Waals surface area contributed by atoms with Crippen molar-refractivity contribution in [2.45, 2.75) is 6.18 Å². The summed E-state index contributed by atoms with van der Waals surface area (Å²) in [7, 11) is 0. The van der Waals surface area contributed by atoms with E-state index in [1.165, 1.54) is 12.4 Å². The van der Waals surface area contributed by atoms with Crippen LogP contribution in [0.3, 0.4) is 0 Å². The summed E-state index contributed by atoms with van der Waals surface area (Å²) in [6, 6.07) is 12.3. The number of halogens is 3. The molecule has 3 rings (SSSR count). The fourth-order valence-electron chi connectivity index (χ4n) is 2.00. The highest BCUT2D eigenvalue weighted by Gasteiger charge is 2.32. The van der Waals surface area contributed by atoms with Gasteiger partial charge in [0.2, 0.25) is 0 Å². The molecule has 0 spiro atoms. The third kappa shape index (κ3) is 2.95. The van der Waals surface area contributed by atoms with Crippen molar-refractivity contribution in [3.63, 3.8) is 0 Å². The summed E-state index contributed by atoms with van der Waals surface area (Å²) in [5.74, 6) is 0.158. The van der Waals surface area contributed by atoms with Gasteiger partial charge in [0.25, 0.3) is 0 Å². The first-order chi connectivity index (χ1) is 10.5. The lowest BCUT2D eigenvalue weighted by molar-refractivity contribution is -0.137. The first-order valence-electron chi connectivity index (χ1n) is 6.46. The zero-order valence-corrected chi connectivity index (χ0v) is 11.2. The fraction of sp³-hybridized carbons (Fsp3) is 0.0625. The Morgan fingerprint density at radius 3 is 2.05 bits per heavy atom. The molecule has 0 saturated heterocycles. The molecular formula is C16H10F3N3. The van der Waals surface area contributed by atoms with Crippen LogP contribution in [0.4, 0.5) is 13.2 Å². The average Bonchev–Trinajstić information content (AvgIpc) is 2.55. The van der Waals surface area contributed by atoms with Crippen LogP contribution in [0.2, 0.25) is 0 Å². The highest BCUT2D eigenvalue weighted by Crippen LogP contribution is 2.33. The third-order valence-corrected chi connectivity index (χ3v) is 3.02. The van der Waals surface area contributed by atoms with E-state index in [-0.39, 0.29) is 17.2 Å². The van der Waals surface area contributed by atoms with E-state index in [2.05, 4.69) is 15.0 Å². The number of pyridine rings is 1. The van der Waals surface area contributed by atoms with E-state index in [0.29, 0.717) is 5.56 Å². The fourth-order valence-corrected chi connectivity index (χ4v) is 2.00. The Balaban J connectivity index is 2.19. The van der Waals surface area contributed by atoms with Crippen molar-refractivity contribution < 1.29 is 13.2 Å². The topological polar surface area (TPSA) is 38.7 Å².